The Morgan fingerprint density at radius 3 is 2.25 bits per heavy atom. The maximum absolute atomic E-state index is 5.60. The Kier molecular flexibility index (Phi) is 8.04. The first kappa shape index (κ1) is 12.2. The average molecular weight is 192 g/mol. The van der Waals surface area contributed by atoms with Gasteiger partial charge in [-0.25, -0.2) is 0 Å². The van der Waals surface area contributed by atoms with E-state index in [2.05, 4.69) is 25.8 Å². The number of alkyl halides is 1. The van der Waals surface area contributed by atoms with Crippen molar-refractivity contribution in [2.24, 2.45) is 5.92 Å². The maximum Gasteiger partial charge on any atom is 0.0235 e. The van der Waals surface area contributed by atoms with Crippen LogP contribution < -0.4 is 0 Å². The monoisotopic (exact) mass is 191 g/mol. The zero-order valence-electron chi connectivity index (χ0n) is 8.65. The normalized spacial score (nSPS) is 11.5. The van der Waals surface area contributed by atoms with Crippen LogP contribution in [0.1, 0.15) is 33.1 Å². The first-order valence-electron chi connectivity index (χ1n) is 4.91. The molecule has 74 valence electrons. The molecule has 0 unspecified atom stereocenters. The molecule has 0 aromatic rings. The zero-order chi connectivity index (χ0) is 9.40. The van der Waals surface area contributed by atoms with E-state index in [0.29, 0.717) is 0 Å². The lowest BCUT2D eigenvalue weighted by atomic mass is 10.1. The Morgan fingerprint density at radius 1 is 1.17 bits per heavy atom. The number of rotatable bonds is 7. The van der Waals surface area contributed by atoms with Gasteiger partial charge in [0.05, 0.1) is 0 Å². The molecule has 0 fully saturated rings. The van der Waals surface area contributed by atoms with Crippen molar-refractivity contribution in [2.75, 3.05) is 26.0 Å². The van der Waals surface area contributed by atoms with Crippen LogP contribution in [0.5, 0.6) is 0 Å². The minimum atomic E-state index is 0.786. The largest absolute Gasteiger partial charge is 0.306 e. The third-order valence-corrected chi connectivity index (χ3v) is 2.26. The molecule has 0 saturated heterocycles. The van der Waals surface area contributed by atoms with Crippen molar-refractivity contribution in [3.8, 4) is 0 Å². The summed E-state index contributed by atoms with van der Waals surface area (Å²) in [4.78, 5) is 2.37. The molecule has 0 amide bonds. The molecule has 0 rings (SSSR count). The Morgan fingerprint density at radius 2 is 1.75 bits per heavy atom. The molecular formula is C10H22ClN. The van der Waals surface area contributed by atoms with Gasteiger partial charge in [-0.15, -0.1) is 11.6 Å². The van der Waals surface area contributed by atoms with Crippen molar-refractivity contribution < 1.29 is 0 Å². The standard InChI is InChI=1S/C10H22ClN/c1-10(2)6-4-8-12(3)9-5-7-11/h10H,4-9H2,1-3H3. The second-order valence-electron chi connectivity index (χ2n) is 3.88. The summed E-state index contributed by atoms with van der Waals surface area (Å²) in [5, 5.41) is 0. The van der Waals surface area contributed by atoms with Crippen LogP contribution in [0.3, 0.4) is 0 Å². The van der Waals surface area contributed by atoms with Crippen molar-refractivity contribution in [1.29, 1.82) is 0 Å². The molecule has 0 N–H and O–H groups in total. The second kappa shape index (κ2) is 7.88. The molecule has 0 aliphatic heterocycles. The van der Waals surface area contributed by atoms with Gasteiger partial charge in [-0.2, -0.15) is 0 Å². The van der Waals surface area contributed by atoms with Crippen molar-refractivity contribution in [1.82, 2.24) is 4.90 Å². The topological polar surface area (TPSA) is 3.24 Å². The van der Waals surface area contributed by atoms with Crippen molar-refractivity contribution in [3.05, 3.63) is 0 Å². The van der Waals surface area contributed by atoms with E-state index >= 15 is 0 Å². The Hall–Kier alpha value is 0.250. The summed E-state index contributed by atoms with van der Waals surface area (Å²) in [5.41, 5.74) is 0. The Labute approximate surface area is 82.1 Å². The lowest BCUT2D eigenvalue weighted by Crippen LogP contribution is -2.21. The molecule has 1 nitrogen and oxygen atoms in total. The fourth-order valence-corrected chi connectivity index (χ4v) is 1.33. The van der Waals surface area contributed by atoms with Gasteiger partial charge in [0.15, 0.2) is 0 Å². The van der Waals surface area contributed by atoms with Crippen LogP contribution in [-0.4, -0.2) is 30.9 Å². The van der Waals surface area contributed by atoms with Crippen LogP contribution in [0, 0.1) is 5.92 Å². The van der Waals surface area contributed by atoms with E-state index in [1.165, 1.54) is 19.4 Å². The van der Waals surface area contributed by atoms with Gasteiger partial charge >= 0.3 is 0 Å². The van der Waals surface area contributed by atoms with E-state index in [-0.39, 0.29) is 0 Å². The molecule has 0 saturated carbocycles. The highest BCUT2D eigenvalue weighted by Crippen LogP contribution is 2.04. The van der Waals surface area contributed by atoms with Gasteiger partial charge in [0.2, 0.25) is 0 Å². The summed E-state index contributed by atoms with van der Waals surface area (Å²) in [7, 11) is 2.17. The molecule has 0 aromatic heterocycles. The van der Waals surface area contributed by atoms with Crippen LogP contribution >= 0.6 is 11.6 Å². The predicted molar refractivity (Wildman–Crippen MR) is 56.9 cm³/mol. The van der Waals surface area contributed by atoms with E-state index in [1.807, 2.05) is 0 Å². The van der Waals surface area contributed by atoms with Crippen molar-refractivity contribution in [2.45, 2.75) is 33.1 Å². The third kappa shape index (κ3) is 8.35. The maximum atomic E-state index is 5.60. The van der Waals surface area contributed by atoms with Crippen molar-refractivity contribution >= 4 is 11.6 Å². The van der Waals surface area contributed by atoms with E-state index in [9.17, 15) is 0 Å². The van der Waals surface area contributed by atoms with Gasteiger partial charge in [-0.05, 0) is 45.3 Å². The van der Waals surface area contributed by atoms with Crippen LogP contribution in [-0.2, 0) is 0 Å². The molecule has 0 bridgehead atoms. The third-order valence-electron chi connectivity index (χ3n) is 1.99. The van der Waals surface area contributed by atoms with Crippen LogP contribution in [0.4, 0.5) is 0 Å². The molecule has 0 aliphatic rings. The molecule has 0 atom stereocenters. The zero-order valence-corrected chi connectivity index (χ0v) is 9.40. The molecule has 0 aromatic carbocycles. The minimum absolute atomic E-state index is 0.786. The minimum Gasteiger partial charge on any atom is -0.306 e. The molecule has 0 heterocycles. The molecular weight excluding hydrogens is 170 g/mol. The number of halogens is 1. The second-order valence-corrected chi connectivity index (χ2v) is 4.26. The smallest absolute Gasteiger partial charge is 0.0235 e. The average Bonchev–Trinajstić information content (AvgIpc) is 2.00. The lowest BCUT2D eigenvalue weighted by molar-refractivity contribution is 0.319. The highest BCUT2D eigenvalue weighted by molar-refractivity contribution is 6.17. The Balaban J connectivity index is 3.13. The molecule has 0 spiro atoms. The fourth-order valence-electron chi connectivity index (χ4n) is 1.21. The van der Waals surface area contributed by atoms with Gasteiger partial charge in [0.1, 0.15) is 0 Å². The summed E-state index contributed by atoms with van der Waals surface area (Å²) in [6.45, 7) is 6.91. The fraction of sp³-hybridized carbons (Fsp3) is 1.00. The summed E-state index contributed by atoms with van der Waals surface area (Å²) < 4.78 is 0. The first-order chi connectivity index (χ1) is 5.66. The van der Waals surface area contributed by atoms with Gasteiger partial charge < -0.3 is 4.90 Å². The lowest BCUT2D eigenvalue weighted by Gasteiger charge is -2.16. The SMILES string of the molecule is CC(C)CCCN(C)CCCCl. The quantitative estimate of drug-likeness (QED) is 0.560. The van der Waals surface area contributed by atoms with Gasteiger partial charge in [-0.3, -0.25) is 0 Å². The summed E-state index contributed by atoms with van der Waals surface area (Å²) >= 11 is 5.60. The predicted octanol–water partition coefficient (Wildman–Crippen LogP) is 2.98. The summed E-state index contributed by atoms with van der Waals surface area (Å²) in [6, 6.07) is 0. The van der Waals surface area contributed by atoms with Gasteiger partial charge in [0.25, 0.3) is 0 Å². The number of hydrogen-bond donors (Lipinski definition) is 0. The number of nitrogens with zero attached hydrogens (tertiary/aromatic N) is 1. The van der Waals surface area contributed by atoms with Crippen LogP contribution in [0.15, 0.2) is 0 Å². The molecule has 0 radical (unpaired) electrons. The summed E-state index contributed by atoms with van der Waals surface area (Å²) in [6.07, 6.45) is 3.77. The Bertz CT molecular complexity index is 93.8. The molecule has 0 aliphatic carbocycles. The van der Waals surface area contributed by atoms with E-state index in [0.717, 1.165) is 24.8 Å². The van der Waals surface area contributed by atoms with Crippen LogP contribution in [0.25, 0.3) is 0 Å². The summed E-state index contributed by atoms with van der Waals surface area (Å²) in [5.74, 6) is 1.63. The van der Waals surface area contributed by atoms with Crippen LogP contribution in [0.2, 0.25) is 0 Å². The number of hydrogen-bond acceptors (Lipinski definition) is 1. The van der Waals surface area contributed by atoms with E-state index in [4.69, 9.17) is 11.6 Å². The first-order valence-corrected chi connectivity index (χ1v) is 5.44. The highest BCUT2D eigenvalue weighted by atomic mass is 35.5. The van der Waals surface area contributed by atoms with E-state index in [1.54, 1.807) is 0 Å². The van der Waals surface area contributed by atoms with Crippen molar-refractivity contribution in [3.63, 3.8) is 0 Å². The highest BCUT2D eigenvalue weighted by Gasteiger charge is 1.98. The molecule has 2 heteroatoms. The van der Waals surface area contributed by atoms with Gasteiger partial charge in [0, 0.05) is 5.88 Å². The van der Waals surface area contributed by atoms with E-state index < -0.39 is 0 Å². The van der Waals surface area contributed by atoms with Gasteiger partial charge in [-0.1, -0.05) is 13.8 Å². The molecule has 12 heavy (non-hydrogen) atoms.